The number of halogens is 1. The second-order valence-electron chi connectivity index (χ2n) is 6.29. The van der Waals surface area contributed by atoms with Crippen molar-refractivity contribution in [2.45, 2.75) is 55.9 Å². The smallest absolute Gasteiger partial charge is 0.240 e. The summed E-state index contributed by atoms with van der Waals surface area (Å²) in [4.78, 5) is 0.408. The minimum atomic E-state index is -3.43. The zero-order chi connectivity index (χ0) is 14.9. The first kappa shape index (κ1) is 17.7. The zero-order valence-electron chi connectivity index (χ0n) is 12.8. The van der Waals surface area contributed by atoms with Gasteiger partial charge in [-0.25, -0.2) is 13.1 Å². The fourth-order valence-electron chi connectivity index (χ4n) is 3.62. The number of sulfonamides is 1. The van der Waals surface area contributed by atoms with Gasteiger partial charge in [0.25, 0.3) is 0 Å². The van der Waals surface area contributed by atoms with Crippen LogP contribution in [0.3, 0.4) is 0 Å². The van der Waals surface area contributed by atoms with E-state index >= 15 is 0 Å². The number of nitrogens with two attached hydrogens (primary N) is 1. The summed E-state index contributed by atoms with van der Waals surface area (Å²) in [6.07, 6.45) is 7.40. The number of hydrogen-bond donors (Lipinski definition) is 2. The quantitative estimate of drug-likeness (QED) is 0.880. The molecule has 0 aromatic heterocycles. The van der Waals surface area contributed by atoms with Crippen molar-refractivity contribution in [2.24, 2.45) is 11.7 Å². The molecule has 0 radical (unpaired) electrons. The molecule has 3 rings (SSSR count). The second-order valence-corrected chi connectivity index (χ2v) is 8.01. The molecule has 0 spiro atoms. The minimum Gasteiger partial charge on any atom is -0.330 e. The lowest BCUT2D eigenvalue weighted by Gasteiger charge is -2.21. The van der Waals surface area contributed by atoms with Crippen LogP contribution in [0.1, 0.15) is 43.2 Å². The van der Waals surface area contributed by atoms with E-state index in [-0.39, 0.29) is 24.4 Å². The third-order valence-electron chi connectivity index (χ3n) is 4.90. The molecule has 6 heteroatoms. The molecule has 1 aromatic carbocycles. The third kappa shape index (κ3) is 3.65. The molecule has 2 aliphatic carbocycles. The van der Waals surface area contributed by atoms with Crippen LogP contribution in [0.5, 0.6) is 0 Å². The highest BCUT2D eigenvalue weighted by molar-refractivity contribution is 7.89. The van der Waals surface area contributed by atoms with Crippen LogP contribution >= 0.6 is 12.4 Å². The van der Waals surface area contributed by atoms with Crippen molar-refractivity contribution in [1.82, 2.24) is 4.72 Å². The van der Waals surface area contributed by atoms with Gasteiger partial charge in [-0.15, -0.1) is 12.4 Å². The van der Waals surface area contributed by atoms with E-state index in [0.717, 1.165) is 38.5 Å². The van der Waals surface area contributed by atoms with Gasteiger partial charge in [-0.05, 0) is 74.2 Å². The van der Waals surface area contributed by atoms with Crippen LogP contribution in [-0.2, 0) is 22.9 Å². The average molecular weight is 345 g/mol. The Hall–Kier alpha value is -0.620. The Bertz CT molecular complexity index is 619. The molecule has 22 heavy (non-hydrogen) atoms. The van der Waals surface area contributed by atoms with Crippen molar-refractivity contribution in [3.63, 3.8) is 0 Å². The fraction of sp³-hybridized carbons (Fsp3) is 0.625. The second kappa shape index (κ2) is 7.30. The molecule has 2 unspecified atom stereocenters. The van der Waals surface area contributed by atoms with Crippen LogP contribution in [0.4, 0.5) is 0 Å². The Morgan fingerprint density at radius 2 is 1.82 bits per heavy atom. The Morgan fingerprint density at radius 3 is 2.55 bits per heavy atom. The van der Waals surface area contributed by atoms with E-state index in [1.165, 1.54) is 17.5 Å². The van der Waals surface area contributed by atoms with E-state index in [1.54, 1.807) is 6.07 Å². The van der Waals surface area contributed by atoms with Crippen molar-refractivity contribution < 1.29 is 8.42 Å². The average Bonchev–Trinajstić information content (AvgIpc) is 2.93. The lowest BCUT2D eigenvalue weighted by Crippen LogP contribution is -2.39. The highest BCUT2D eigenvalue weighted by atomic mass is 35.5. The predicted octanol–water partition coefficient (Wildman–Crippen LogP) is 2.39. The molecule has 1 saturated carbocycles. The van der Waals surface area contributed by atoms with Gasteiger partial charge in [-0.2, -0.15) is 0 Å². The van der Waals surface area contributed by atoms with Crippen LogP contribution in [0.15, 0.2) is 23.1 Å². The van der Waals surface area contributed by atoms with Crippen molar-refractivity contribution in [3.05, 3.63) is 29.3 Å². The topological polar surface area (TPSA) is 72.2 Å². The lowest BCUT2D eigenvalue weighted by atomic mass is 9.92. The molecule has 3 N–H and O–H groups in total. The first-order valence-corrected chi connectivity index (χ1v) is 9.42. The third-order valence-corrected chi connectivity index (χ3v) is 6.39. The molecule has 2 atom stereocenters. The van der Waals surface area contributed by atoms with Gasteiger partial charge in [-0.1, -0.05) is 12.5 Å². The highest BCUT2D eigenvalue weighted by Crippen LogP contribution is 2.28. The van der Waals surface area contributed by atoms with Gasteiger partial charge in [-0.3, -0.25) is 0 Å². The maximum absolute atomic E-state index is 12.6. The summed E-state index contributed by atoms with van der Waals surface area (Å²) >= 11 is 0. The molecule has 124 valence electrons. The van der Waals surface area contributed by atoms with E-state index in [2.05, 4.69) is 4.72 Å². The van der Waals surface area contributed by atoms with E-state index in [9.17, 15) is 8.42 Å². The van der Waals surface area contributed by atoms with Crippen LogP contribution in [0, 0.1) is 5.92 Å². The van der Waals surface area contributed by atoms with Gasteiger partial charge >= 0.3 is 0 Å². The Labute approximate surface area is 139 Å². The molecule has 0 heterocycles. The van der Waals surface area contributed by atoms with Gasteiger partial charge < -0.3 is 5.73 Å². The van der Waals surface area contributed by atoms with Crippen LogP contribution in [-0.4, -0.2) is 21.0 Å². The number of benzene rings is 1. The molecule has 2 aliphatic rings. The molecule has 1 fully saturated rings. The van der Waals surface area contributed by atoms with Crippen molar-refractivity contribution in [1.29, 1.82) is 0 Å². The van der Waals surface area contributed by atoms with Crippen molar-refractivity contribution >= 4 is 22.4 Å². The van der Waals surface area contributed by atoms with Gasteiger partial charge in [0.2, 0.25) is 10.0 Å². The van der Waals surface area contributed by atoms with Crippen LogP contribution in [0.25, 0.3) is 0 Å². The van der Waals surface area contributed by atoms with Crippen molar-refractivity contribution in [3.8, 4) is 0 Å². The van der Waals surface area contributed by atoms with E-state index < -0.39 is 10.0 Å². The summed E-state index contributed by atoms with van der Waals surface area (Å²) in [6.45, 7) is 0.553. The molecule has 0 amide bonds. The fourth-order valence-corrected chi connectivity index (χ4v) is 5.01. The summed E-state index contributed by atoms with van der Waals surface area (Å²) in [5.41, 5.74) is 8.24. The number of hydrogen-bond acceptors (Lipinski definition) is 3. The summed E-state index contributed by atoms with van der Waals surface area (Å²) < 4.78 is 28.0. The Morgan fingerprint density at radius 1 is 1.09 bits per heavy atom. The van der Waals surface area contributed by atoms with E-state index in [1.807, 2.05) is 12.1 Å². The minimum absolute atomic E-state index is 0. The normalized spacial score (nSPS) is 24.6. The van der Waals surface area contributed by atoms with Gasteiger partial charge in [0.1, 0.15) is 0 Å². The standard InChI is InChI=1S/C16H24N2O2S.ClH/c17-11-14-6-3-7-16(14)18-21(19,20)15-9-8-12-4-1-2-5-13(12)10-15;/h8-10,14,16,18H,1-7,11,17H2;1H. The number of nitrogens with one attached hydrogen (secondary N) is 1. The first-order valence-electron chi connectivity index (χ1n) is 7.94. The van der Waals surface area contributed by atoms with Gasteiger partial charge in [0.05, 0.1) is 4.90 Å². The Balaban J connectivity index is 0.00000176. The SMILES string of the molecule is Cl.NCC1CCCC1NS(=O)(=O)c1ccc2c(c1)CCCC2. The molecule has 1 aromatic rings. The molecular formula is C16H25ClN2O2S. The maximum atomic E-state index is 12.6. The van der Waals surface area contributed by atoms with Crippen LogP contribution < -0.4 is 10.5 Å². The van der Waals surface area contributed by atoms with E-state index in [4.69, 9.17) is 5.73 Å². The number of fused-ring (bicyclic) bond motifs is 1. The summed E-state index contributed by atoms with van der Waals surface area (Å²) in [6, 6.07) is 5.59. The highest BCUT2D eigenvalue weighted by Gasteiger charge is 2.30. The van der Waals surface area contributed by atoms with Crippen LogP contribution in [0.2, 0.25) is 0 Å². The van der Waals surface area contributed by atoms with E-state index in [0.29, 0.717) is 11.4 Å². The van der Waals surface area contributed by atoms with Crippen molar-refractivity contribution in [2.75, 3.05) is 6.54 Å². The number of aryl methyl sites for hydroxylation is 2. The monoisotopic (exact) mass is 344 g/mol. The molecule has 0 saturated heterocycles. The van der Waals surface area contributed by atoms with Gasteiger partial charge in [0.15, 0.2) is 0 Å². The molecule has 0 aliphatic heterocycles. The molecule has 0 bridgehead atoms. The molecule has 4 nitrogen and oxygen atoms in total. The largest absolute Gasteiger partial charge is 0.330 e. The number of rotatable bonds is 4. The summed E-state index contributed by atoms with van der Waals surface area (Å²) in [7, 11) is -3.43. The maximum Gasteiger partial charge on any atom is 0.240 e. The summed E-state index contributed by atoms with van der Waals surface area (Å²) in [5, 5.41) is 0. The predicted molar refractivity (Wildman–Crippen MR) is 90.8 cm³/mol. The van der Waals surface area contributed by atoms with Gasteiger partial charge in [0, 0.05) is 6.04 Å². The summed E-state index contributed by atoms with van der Waals surface area (Å²) in [5.74, 6) is 0.275. The first-order chi connectivity index (χ1) is 10.1. The Kier molecular flexibility index (Phi) is 5.88. The lowest BCUT2D eigenvalue weighted by molar-refractivity contribution is 0.453. The molecular weight excluding hydrogens is 320 g/mol. The zero-order valence-corrected chi connectivity index (χ0v) is 14.4.